The van der Waals surface area contributed by atoms with E-state index in [1.54, 1.807) is 24.0 Å². The van der Waals surface area contributed by atoms with Crippen molar-refractivity contribution in [1.82, 2.24) is 15.1 Å². The van der Waals surface area contributed by atoms with Crippen LogP contribution >= 0.6 is 0 Å². The molecule has 1 amide bonds. The van der Waals surface area contributed by atoms with Gasteiger partial charge < -0.3 is 14.4 Å². The van der Waals surface area contributed by atoms with Crippen LogP contribution in [0.5, 0.6) is 0 Å². The smallest absolute Gasteiger partial charge is 0.257 e. The number of aryl methyl sites for hydroxylation is 1. The summed E-state index contributed by atoms with van der Waals surface area (Å²) in [5.41, 5.74) is 2.18. The molecule has 6 heteroatoms. The number of nitrogens with one attached hydrogen (secondary N) is 1. The lowest BCUT2D eigenvalue weighted by Crippen LogP contribution is -2.34. The summed E-state index contributed by atoms with van der Waals surface area (Å²) in [7, 11) is 0. The molecule has 2 heterocycles. The molecule has 0 aliphatic heterocycles. The maximum absolute atomic E-state index is 12.9. The van der Waals surface area contributed by atoms with Crippen LogP contribution in [-0.4, -0.2) is 32.7 Å². The molecule has 0 bridgehead atoms. The van der Waals surface area contributed by atoms with Crippen LogP contribution in [0.15, 0.2) is 59.3 Å². The number of carbonyl (C=O) groups is 1. The van der Waals surface area contributed by atoms with Gasteiger partial charge in [-0.2, -0.15) is 5.10 Å². The Kier molecular flexibility index (Phi) is 4.77. The van der Waals surface area contributed by atoms with E-state index in [4.69, 9.17) is 4.42 Å². The van der Waals surface area contributed by atoms with Gasteiger partial charge in [-0.15, -0.1) is 0 Å². The average Bonchev–Trinajstić information content (AvgIpc) is 3.26. The minimum absolute atomic E-state index is 0.131. The van der Waals surface area contributed by atoms with Gasteiger partial charge in [0.15, 0.2) is 0 Å². The van der Waals surface area contributed by atoms with E-state index in [-0.39, 0.29) is 12.5 Å². The minimum Gasteiger partial charge on any atom is -0.467 e. The number of H-pyrrole nitrogens is 1. The molecule has 1 aromatic carbocycles. The number of rotatable bonds is 6. The molecule has 6 nitrogen and oxygen atoms in total. The lowest BCUT2D eigenvalue weighted by Gasteiger charge is -2.24. The summed E-state index contributed by atoms with van der Waals surface area (Å²) >= 11 is 0. The number of aromatic nitrogens is 2. The Hall–Kier alpha value is -2.86. The first-order chi connectivity index (χ1) is 11.6. The van der Waals surface area contributed by atoms with Gasteiger partial charge in [0.1, 0.15) is 11.9 Å². The van der Waals surface area contributed by atoms with Crippen molar-refractivity contribution in [1.29, 1.82) is 0 Å². The minimum atomic E-state index is -0.889. The van der Waals surface area contributed by atoms with Crippen molar-refractivity contribution >= 4 is 5.91 Å². The van der Waals surface area contributed by atoms with Gasteiger partial charge in [-0.1, -0.05) is 30.3 Å². The molecule has 0 saturated carbocycles. The molecule has 0 spiro atoms. The van der Waals surface area contributed by atoms with E-state index < -0.39 is 6.10 Å². The number of hydrogen-bond acceptors (Lipinski definition) is 4. The molecule has 0 saturated heterocycles. The standard InChI is InChI=1S/C18H19N3O3/c1-13-15(10-19-20-13)18(23)21(11-14-6-3-2-4-7-14)12-16(22)17-8-5-9-24-17/h2-10,16,22H,11-12H2,1H3,(H,19,20)/t16-/m1/s1. The molecule has 1 atom stereocenters. The Bertz CT molecular complexity index is 781. The van der Waals surface area contributed by atoms with Crippen molar-refractivity contribution in [3.8, 4) is 0 Å². The molecular weight excluding hydrogens is 306 g/mol. The predicted molar refractivity (Wildman–Crippen MR) is 88.2 cm³/mol. The summed E-state index contributed by atoms with van der Waals surface area (Å²) < 4.78 is 5.23. The van der Waals surface area contributed by atoms with E-state index in [1.165, 1.54) is 12.5 Å². The summed E-state index contributed by atoms with van der Waals surface area (Å²) in [4.78, 5) is 14.5. The van der Waals surface area contributed by atoms with Gasteiger partial charge in [0.2, 0.25) is 0 Å². The van der Waals surface area contributed by atoms with Gasteiger partial charge in [-0.05, 0) is 24.6 Å². The van der Waals surface area contributed by atoms with E-state index in [9.17, 15) is 9.90 Å². The lowest BCUT2D eigenvalue weighted by atomic mass is 10.1. The largest absolute Gasteiger partial charge is 0.467 e. The number of aromatic amines is 1. The van der Waals surface area contributed by atoms with E-state index in [0.717, 1.165) is 5.56 Å². The number of furan rings is 1. The van der Waals surface area contributed by atoms with Crippen LogP contribution in [0.3, 0.4) is 0 Å². The van der Waals surface area contributed by atoms with Gasteiger partial charge >= 0.3 is 0 Å². The molecule has 24 heavy (non-hydrogen) atoms. The van der Waals surface area contributed by atoms with Crippen molar-refractivity contribution in [3.05, 3.63) is 77.5 Å². The Morgan fingerprint density at radius 1 is 1.29 bits per heavy atom. The molecule has 0 unspecified atom stereocenters. The van der Waals surface area contributed by atoms with Gasteiger partial charge in [0.25, 0.3) is 5.91 Å². The predicted octanol–water partition coefficient (Wildman–Crippen LogP) is 2.69. The topological polar surface area (TPSA) is 82.4 Å². The first kappa shape index (κ1) is 16.0. The molecule has 124 valence electrons. The quantitative estimate of drug-likeness (QED) is 0.730. The molecule has 0 radical (unpaired) electrons. The molecule has 0 fully saturated rings. The van der Waals surface area contributed by atoms with Crippen LogP contribution in [0.2, 0.25) is 0 Å². The highest BCUT2D eigenvalue weighted by Crippen LogP contribution is 2.19. The summed E-state index contributed by atoms with van der Waals surface area (Å²) in [5, 5.41) is 17.0. The monoisotopic (exact) mass is 325 g/mol. The number of amides is 1. The highest BCUT2D eigenvalue weighted by molar-refractivity contribution is 5.95. The Balaban J connectivity index is 1.83. The second-order valence-electron chi connectivity index (χ2n) is 5.61. The Morgan fingerprint density at radius 3 is 2.71 bits per heavy atom. The van der Waals surface area contributed by atoms with Crippen LogP contribution < -0.4 is 0 Å². The van der Waals surface area contributed by atoms with Crippen LogP contribution in [0.4, 0.5) is 0 Å². The van der Waals surface area contributed by atoms with Gasteiger partial charge in [0, 0.05) is 12.2 Å². The normalized spacial score (nSPS) is 12.1. The second kappa shape index (κ2) is 7.14. The third-order valence-corrected chi connectivity index (χ3v) is 3.83. The SMILES string of the molecule is Cc1[nH]ncc1C(=O)N(Cc1ccccc1)C[C@@H](O)c1ccco1. The van der Waals surface area contributed by atoms with Gasteiger partial charge in [-0.3, -0.25) is 9.89 Å². The van der Waals surface area contributed by atoms with Crippen LogP contribution in [0.1, 0.15) is 33.5 Å². The summed E-state index contributed by atoms with van der Waals surface area (Å²) in [6.07, 6.45) is 2.12. The first-order valence-electron chi connectivity index (χ1n) is 7.70. The highest BCUT2D eigenvalue weighted by Gasteiger charge is 2.23. The third-order valence-electron chi connectivity index (χ3n) is 3.83. The lowest BCUT2D eigenvalue weighted by molar-refractivity contribution is 0.0562. The van der Waals surface area contributed by atoms with E-state index in [0.29, 0.717) is 23.6 Å². The van der Waals surface area contributed by atoms with Crippen LogP contribution in [0.25, 0.3) is 0 Å². The average molecular weight is 325 g/mol. The number of aliphatic hydroxyl groups is 1. The van der Waals surface area contributed by atoms with E-state index >= 15 is 0 Å². The molecule has 3 rings (SSSR count). The zero-order valence-corrected chi connectivity index (χ0v) is 13.3. The molecule has 0 aliphatic rings. The number of hydrogen-bond donors (Lipinski definition) is 2. The fourth-order valence-corrected chi connectivity index (χ4v) is 2.54. The second-order valence-corrected chi connectivity index (χ2v) is 5.61. The molecule has 2 aromatic heterocycles. The number of aliphatic hydroxyl groups excluding tert-OH is 1. The number of nitrogens with zero attached hydrogens (tertiary/aromatic N) is 2. The highest BCUT2D eigenvalue weighted by atomic mass is 16.4. The fourth-order valence-electron chi connectivity index (χ4n) is 2.54. The van der Waals surface area contributed by atoms with Gasteiger partial charge in [0.05, 0.1) is 24.6 Å². The molecule has 3 aromatic rings. The van der Waals surface area contributed by atoms with Crippen molar-refractivity contribution in [2.24, 2.45) is 0 Å². The number of carbonyl (C=O) groups excluding carboxylic acids is 1. The molecular formula is C18H19N3O3. The van der Waals surface area contributed by atoms with Crippen molar-refractivity contribution in [2.75, 3.05) is 6.54 Å². The Labute approximate surface area is 139 Å². The molecule has 0 aliphatic carbocycles. The summed E-state index contributed by atoms with van der Waals surface area (Å²) in [6.45, 7) is 2.32. The molecule has 2 N–H and O–H groups in total. The zero-order chi connectivity index (χ0) is 16.9. The van der Waals surface area contributed by atoms with Crippen molar-refractivity contribution in [3.63, 3.8) is 0 Å². The first-order valence-corrected chi connectivity index (χ1v) is 7.70. The maximum Gasteiger partial charge on any atom is 0.257 e. The fraction of sp³-hybridized carbons (Fsp3) is 0.222. The zero-order valence-electron chi connectivity index (χ0n) is 13.3. The maximum atomic E-state index is 12.9. The summed E-state index contributed by atoms with van der Waals surface area (Å²) in [5.74, 6) is 0.250. The number of benzene rings is 1. The van der Waals surface area contributed by atoms with Crippen LogP contribution in [0, 0.1) is 6.92 Å². The van der Waals surface area contributed by atoms with Crippen molar-refractivity contribution < 1.29 is 14.3 Å². The van der Waals surface area contributed by atoms with Crippen molar-refractivity contribution in [2.45, 2.75) is 19.6 Å². The van der Waals surface area contributed by atoms with Gasteiger partial charge in [-0.25, -0.2) is 0 Å². The Morgan fingerprint density at radius 2 is 2.08 bits per heavy atom. The third kappa shape index (κ3) is 3.55. The van der Waals surface area contributed by atoms with E-state index in [2.05, 4.69) is 10.2 Å². The van der Waals surface area contributed by atoms with E-state index in [1.807, 2.05) is 30.3 Å². The van der Waals surface area contributed by atoms with Crippen LogP contribution in [-0.2, 0) is 6.54 Å². The summed E-state index contributed by atoms with van der Waals surface area (Å²) in [6, 6.07) is 13.1.